The molecule has 1 heterocycles. The summed E-state index contributed by atoms with van der Waals surface area (Å²) in [5, 5.41) is 6.31. The third-order valence-corrected chi connectivity index (χ3v) is 3.55. The minimum absolute atomic E-state index is 0.129. The van der Waals surface area contributed by atoms with Gasteiger partial charge in [0, 0.05) is 32.7 Å². The number of nitrogens with zero attached hydrogens (tertiary/aromatic N) is 1. The van der Waals surface area contributed by atoms with Crippen LogP contribution < -0.4 is 10.6 Å². The largest absolute Gasteiger partial charge is 0.354 e. The maximum atomic E-state index is 11.9. The first-order chi connectivity index (χ1) is 9.25. The van der Waals surface area contributed by atoms with E-state index in [4.69, 9.17) is 0 Å². The van der Waals surface area contributed by atoms with Crippen LogP contribution in [0.3, 0.4) is 0 Å². The normalized spacial score (nSPS) is 17.9. The molecule has 2 rings (SSSR count). The number of amides is 1. The van der Waals surface area contributed by atoms with Gasteiger partial charge in [-0.25, -0.2) is 0 Å². The lowest BCUT2D eigenvalue weighted by molar-refractivity contribution is -0.122. The molecule has 0 radical (unpaired) electrons. The average molecular weight is 261 g/mol. The molecule has 0 aromatic heterocycles. The first-order valence-corrected chi connectivity index (χ1v) is 7.00. The molecule has 1 amide bonds. The Hall–Kier alpha value is -1.39. The Labute approximate surface area is 115 Å². The van der Waals surface area contributed by atoms with E-state index in [0.29, 0.717) is 19.0 Å². The van der Waals surface area contributed by atoms with Gasteiger partial charge in [-0.1, -0.05) is 37.3 Å². The van der Waals surface area contributed by atoms with Gasteiger partial charge in [-0.05, 0) is 11.5 Å². The van der Waals surface area contributed by atoms with Crippen LogP contribution >= 0.6 is 0 Å². The second-order valence-electron chi connectivity index (χ2n) is 5.14. The van der Waals surface area contributed by atoms with E-state index in [1.165, 1.54) is 5.56 Å². The molecular weight excluding hydrogens is 238 g/mol. The summed E-state index contributed by atoms with van der Waals surface area (Å²) in [6.45, 7) is 7.24. The first-order valence-electron chi connectivity index (χ1n) is 7.00. The molecule has 1 fully saturated rings. The molecule has 4 nitrogen and oxygen atoms in total. The third kappa shape index (κ3) is 4.65. The van der Waals surface area contributed by atoms with Crippen molar-refractivity contribution < 1.29 is 4.79 Å². The Bertz CT molecular complexity index is 388. The van der Waals surface area contributed by atoms with Crippen molar-refractivity contribution >= 4 is 5.91 Å². The fourth-order valence-corrected chi connectivity index (χ4v) is 2.29. The van der Waals surface area contributed by atoms with Gasteiger partial charge in [-0.3, -0.25) is 9.69 Å². The highest BCUT2D eigenvalue weighted by Crippen LogP contribution is 2.12. The summed E-state index contributed by atoms with van der Waals surface area (Å²) in [4.78, 5) is 14.1. The predicted octanol–water partition coefficient (Wildman–Crippen LogP) is 0.812. The lowest BCUT2D eigenvalue weighted by atomic mass is 10.0. The summed E-state index contributed by atoms with van der Waals surface area (Å²) in [6, 6.07) is 10.3. The van der Waals surface area contributed by atoms with Crippen LogP contribution in [0.1, 0.15) is 18.4 Å². The fourth-order valence-electron chi connectivity index (χ4n) is 2.29. The zero-order valence-corrected chi connectivity index (χ0v) is 11.6. The molecule has 0 saturated carbocycles. The van der Waals surface area contributed by atoms with E-state index in [0.717, 1.165) is 26.2 Å². The Morgan fingerprint density at radius 3 is 2.68 bits per heavy atom. The van der Waals surface area contributed by atoms with Crippen LogP contribution in [0.5, 0.6) is 0 Å². The zero-order valence-electron chi connectivity index (χ0n) is 11.6. The van der Waals surface area contributed by atoms with Gasteiger partial charge < -0.3 is 10.6 Å². The van der Waals surface area contributed by atoms with Crippen LogP contribution in [0.25, 0.3) is 0 Å². The van der Waals surface area contributed by atoms with Crippen molar-refractivity contribution in [2.75, 3.05) is 39.3 Å². The molecule has 0 aliphatic carbocycles. The van der Waals surface area contributed by atoms with Gasteiger partial charge in [0.15, 0.2) is 0 Å². The van der Waals surface area contributed by atoms with E-state index in [1.54, 1.807) is 0 Å². The van der Waals surface area contributed by atoms with E-state index < -0.39 is 0 Å². The van der Waals surface area contributed by atoms with Crippen molar-refractivity contribution in [3.8, 4) is 0 Å². The van der Waals surface area contributed by atoms with Crippen molar-refractivity contribution in [3.63, 3.8) is 0 Å². The minimum atomic E-state index is 0.129. The first kappa shape index (κ1) is 14.0. The quantitative estimate of drug-likeness (QED) is 0.824. The van der Waals surface area contributed by atoms with Gasteiger partial charge in [0.2, 0.25) is 5.91 Å². The highest BCUT2D eigenvalue weighted by atomic mass is 16.2. The molecular formula is C15H23N3O. The van der Waals surface area contributed by atoms with Crippen molar-refractivity contribution in [2.24, 2.45) is 0 Å². The van der Waals surface area contributed by atoms with Crippen LogP contribution in [-0.2, 0) is 4.79 Å². The highest BCUT2D eigenvalue weighted by Gasteiger charge is 2.14. The number of rotatable bonds is 5. The number of carbonyl (C=O) groups excluding carboxylic acids is 1. The summed E-state index contributed by atoms with van der Waals surface area (Å²) in [5.74, 6) is 0.484. The van der Waals surface area contributed by atoms with Gasteiger partial charge in [0.25, 0.3) is 0 Å². The summed E-state index contributed by atoms with van der Waals surface area (Å²) in [7, 11) is 0. The number of nitrogens with one attached hydrogen (secondary N) is 2. The summed E-state index contributed by atoms with van der Waals surface area (Å²) >= 11 is 0. The Morgan fingerprint density at radius 1 is 1.32 bits per heavy atom. The van der Waals surface area contributed by atoms with E-state index in [-0.39, 0.29) is 5.91 Å². The van der Waals surface area contributed by atoms with Crippen molar-refractivity contribution in [2.45, 2.75) is 12.8 Å². The smallest absolute Gasteiger partial charge is 0.234 e. The number of hydrogen-bond donors (Lipinski definition) is 2. The maximum absolute atomic E-state index is 11.9. The second-order valence-corrected chi connectivity index (χ2v) is 5.14. The summed E-state index contributed by atoms with van der Waals surface area (Å²) < 4.78 is 0. The third-order valence-electron chi connectivity index (χ3n) is 3.55. The van der Waals surface area contributed by atoms with E-state index >= 15 is 0 Å². The van der Waals surface area contributed by atoms with Crippen LogP contribution in [-0.4, -0.2) is 50.1 Å². The number of carbonyl (C=O) groups is 1. The van der Waals surface area contributed by atoms with Gasteiger partial charge in [0.05, 0.1) is 6.54 Å². The van der Waals surface area contributed by atoms with Crippen LogP contribution in [0.2, 0.25) is 0 Å². The lowest BCUT2D eigenvalue weighted by Crippen LogP contribution is -2.47. The van der Waals surface area contributed by atoms with Gasteiger partial charge in [-0.15, -0.1) is 0 Å². The van der Waals surface area contributed by atoms with Crippen LogP contribution in [0.15, 0.2) is 30.3 Å². The number of piperazine rings is 1. The lowest BCUT2D eigenvalue weighted by Gasteiger charge is -2.26. The molecule has 1 aliphatic rings. The molecule has 1 aromatic carbocycles. The minimum Gasteiger partial charge on any atom is -0.354 e. The highest BCUT2D eigenvalue weighted by molar-refractivity contribution is 5.78. The Kier molecular flexibility index (Phi) is 5.36. The molecule has 1 aliphatic heterocycles. The standard InChI is InChI=1S/C15H23N3O/c1-13(14-5-3-2-4-6-14)11-17-15(19)12-18-9-7-16-8-10-18/h2-6,13,16H,7-12H2,1H3,(H,17,19). The molecule has 2 N–H and O–H groups in total. The molecule has 1 unspecified atom stereocenters. The Morgan fingerprint density at radius 2 is 2.00 bits per heavy atom. The van der Waals surface area contributed by atoms with Crippen molar-refractivity contribution in [1.82, 2.24) is 15.5 Å². The SMILES string of the molecule is CC(CNC(=O)CN1CCNCC1)c1ccccc1. The van der Waals surface area contributed by atoms with Crippen LogP contribution in [0.4, 0.5) is 0 Å². The molecule has 4 heteroatoms. The molecule has 19 heavy (non-hydrogen) atoms. The predicted molar refractivity (Wildman–Crippen MR) is 77.2 cm³/mol. The van der Waals surface area contributed by atoms with Crippen molar-refractivity contribution in [1.29, 1.82) is 0 Å². The van der Waals surface area contributed by atoms with Crippen LogP contribution in [0, 0.1) is 0 Å². The molecule has 1 aromatic rings. The number of benzene rings is 1. The van der Waals surface area contributed by atoms with Gasteiger partial charge in [0.1, 0.15) is 0 Å². The second kappa shape index (κ2) is 7.26. The van der Waals surface area contributed by atoms with Crippen molar-refractivity contribution in [3.05, 3.63) is 35.9 Å². The number of hydrogen-bond acceptors (Lipinski definition) is 3. The molecule has 104 valence electrons. The fraction of sp³-hybridized carbons (Fsp3) is 0.533. The van der Waals surface area contributed by atoms with E-state index in [2.05, 4.69) is 34.6 Å². The van der Waals surface area contributed by atoms with E-state index in [1.807, 2.05) is 18.2 Å². The zero-order chi connectivity index (χ0) is 13.5. The molecule has 0 bridgehead atoms. The average Bonchev–Trinajstić information content (AvgIpc) is 2.47. The topological polar surface area (TPSA) is 44.4 Å². The monoisotopic (exact) mass is 261 g/mol. The van der Waals surface area contributed by atoms with Gasteiger partial charge >= 0.3 is 0 Å². The van der Waals surface area contributed by atoms with E-state index in [9.17, 15) is 4.79 Å². The summed E-state index contributed by atoms with van der Waals surface area (Å²) in [5.41, 5.74) is 1.27. The van der Waals surface area contributed by atoms with Gasteiger partial charge in [-0.2, -0.15) is 0 Å². The molecule has 1 atom stereocenters. The Balaban J connectivity index is 1.71. The summed E-state index contributed by atoms with van der Waals surface area (Å²) in [6.07, 6.45) is 0. The maximum Gasteiger partial charge on any atom is 0.234 e. The molecule has 0 spiro atoms. The molecule has 1 saturated heterocycles.